The summed E-state index contributed by atoms with van der Waals surface area (Å²) in [6.07, 6.45) is 5.05. The Morgan fingerprint density at radius 1 is 0.929 bits per heavy atom. The van der Waals surface area contributed by atoms with Gasteiger partial charge in [-0.3, -0.25) is 14.7 Å². The van der Waals surface area contributed by atoms with Gasteiger partial charge in [-0.25, -0.2) is 18.7 Å². The van der Waals surface area contributed by atoms with E-state index in [0.717, 1.165) is 11.1 Å². The SMILES string of the molecule is Cc1ccc(N2C(c3ccc(F)cc3)=NOC23C(=O)Nc2ccc(F)cc23)cc1Nc1nccc(-c2cccnc2)n1. The predicted octanol–water partition coefficient (Wildman–Crippen LogP) is 5.87. The molecule has 3 aromatic carbocycles. The molecule has 2 aliphatic rings. The van der Waals surface area contributed by atoms with Gasteiger partial charge in [0.25, 0.3) is 5.91 Å². The molecule has 5 aromatic rings. The highest BCUT2D eigenvalue weighted by Gasteiger charge is 2.60. The molecule has 1 amide bonds. The standard InChI is InChI=1S/C31H21F2N7O2/c1-18-4-10-23(16-27(18)38-30-35-14-12-25(37-30)20-3-2-13-34-17-20)40-28(19-5-7-21(32)8-6-19)39-42-31(40)24-15-22(33)9-11-26(24)36-29(31)41/h2-17H,1H3,(H,36,41)(H,35,37,38). The number of hydrogen-bond donors (Lipinski definition) is 2. The summed E-state index contributed by atoms with van der Waals surface area (Å²) in [6.45, 7) is 1.91. The van der Waals surface area contributed by atoms with Gasteiger partial charge >= 0.3 is 5.72 Å². The highest BCUT2D eigenvalue weighted by molar-refractivity contribution is 6.19. The van der Waals surface area contributed by atoms with Gasteiger partial charge in [-0.2, -0.15) is 0 Å². The number of aryl methyl sites for hydroxylation is 1. The van der Waals surface area contributed by atoms with Crippen molar-refractivity contribution < 1.29 is 18.4 Å². The molecule has 0 saturated carbocycles. The Hall–Kier alpha value is -5.71. The monoisotopic (exact) mass is 561 g/mol. The van der Waals surface area contributed by atoms with E-state index in [0.29, 0.717) is 34.3 Å². The smallest absolute Gasteiger partial charge is 0.322 e. The van der Waals surface area contributed by atoms with Gasteiger partial charge < -0.3 is 15.5 Å². The number of carbonyl (C=O) groups is 1. The van der Waals surface area contributed by atoms with E-state index in [1.165, 1.54) is 42.5 Å². The van der Waals surface area contributed by atoms with Gasteiger partial charge in [0.05, 0.1) is 16.9 Å². The average Bonchev–Trinajstić information content (AvgIpc) is 3.53. The molecule has 2 aromatic heterocycles. The molecular formula is C31H21F2N7O2. The Balaban J connectivity index is 1.34. The summed E-state index contributed by atoms with van der Waals surface area (Å²) >= 11 is 0. The molecule has 1 atom stereocenters. The number of amides is 1. The fraction of sp³-hybridized carbons (Fsp3) is 0.0645. The summed E-state index contributed by atoms with van der Waals surface area (Å²) < 4.78 is 28.3. The normalized spacial score (nSPS) is 17.1. The number of amidine groups is 1. The third-order valence-corrected chi connectivity index (χ3v) is 7.13. The van der Waals surface area contributed by atoms with Crippen LogP contribution in [0.15, 0.2) is 103 Å². The lowest BCUT2D eigenvalue weighted by atomic mass is 9.99. The molecule has 2 N–H and O–H groups in total. The summed E-state index contributed by atoms with van der Waals surface area (Å²) in [5, 5.41) is 10.3. The van der Waals surface area contributed by atoms with E-state index in [4.69, 9.17) is 4.84 Å². The fourth-order valence-electron chi connectivity index (χ4n) is 5.07. The van der Waals surface area contributed by atoms with Crippen LogP contribution >= 0.6 is 0 Å². The molecule has 0 fully saturated rings. The van der Waals surface area contributed by atoms with E-state index in [-0.39, 0.29) is 11.4 Å². The number of pyridine rings is 1. The summed E-state index contributed by atoms with van der Waals surface area (Å²) in [5.74, 6) is -0.929. The van der Waals surface area contributed by atoms with Crippen molar-refractivity contribution >= 4 is 34.8 Å². The number of nitrogens with one attached hydrogen (secondary N) is 2. The molecule has 1 spiro atoms. The molecule has 0 aliphatic carbocycles. The van der Waals surface area contributed by atoms with E-state index in [1.807, 2.05) is 25.1 Å². The zero-order chi connectivity index (χ0) is 28.8. The first-order valence-electron chi connectivity index (χ1n) is 13.0. The molecule has 11 heteroatoms. The fourth-order valence-corrected chi connectivity index (χ4v) is 5.07. The molecule has 2 aliphatic heterocycles. The van der Waals surface area contributed by atoms with Gasteiger partial charge in [-0.1, -0.05) is 11.2 Å². The van der Waals surface area contributed by atoms with Crippen LogP contribution in [0.2, 0.25) is 0 Å². The maximum absolute atomic E-state index is 14.5. The van der Waals surface area contributed by atoms with E-state index < -0.39 is 23.3 Å². The molecule has 0 radical (unpaired) electrons. The number of carbonyl (C=O) groups excluding carboxylic acids is 1. The number of nitrogens with zero attached hydrogens (tertiary/aromatic N) is 5. The number of fused-ring (bicyclic) bond motifs is 2. The maximum Gasteiger partial charge on any atom is 0.322 e. The van der Waals surface area contributed by atoms with Crippen LogP contribution < -0.4 is 15.5 Å². The van der Waals surface area contributed by atoms with Crippen molar-refractivity contribution in [2.24, 2.45) is 5.16 Å². The zero-order valence-electron chi connectivity index (χ0n) is 22.0. The van der Waals surface area contributed by atoms with Crippen LogP contribution in [0, 0.1) is 18.6 Å². The average molecular weight is 562 g/mol. The molecule has 1 unspecified atom stereocenters. The Morgan fingerprint density at radius 2 is 1.76 bits per heavy atom. The summed E-state index contributed by atoms with van der Waals surface area (Å²) in [4.78, 5) is 34.3. The number of anilines is 4. The van der Waals surface area contributed by atoms with Gasteiger partial charge in [0.1, 0.15) is 11.6 Å². The minimum absolute atomic E-state index is 0.242. The van der Waals surface area contributed by atoms with Crippen LogP contribution in [-0.2, 0) is 15.4 Å². The van der Waals surface area contributed by atoms with Gasteiger partial charge in [0, 0.05) is 41.1 Å². The third-order valence-electron chi connectivity index (χ3n) is 7.13. The van der Waals surface area contributed by atoms with Crippen molar-refractivity contribution in [3.8, 4) is 11.3 Å². The molecular weight excluding hydrogens is 540 g/mol. The van der Waals surface area contributed by atoms with Crippen LogP contribution in [0.25, 0.3) is 11.3 Å². The van der Waals surface area contributed by atoms with Crippen molar-refractivity contribution in [1.29, 1.82) is 0 Å². The molecule has 0 saturated heterocycles. The van der Waals surface area contributed by atoms with Crippen LogP contribution in [0.1, 0.15) is 16.7 Å². The largest absolute Gasteiger partial charge is 0.349 e. The zero-order valence-corrected chi connectivity index (χ0v) is 22.0. The topological polar surface area (TPSA) is 105 Å². The van der Waals surface area contributed by atoms with E-state index >= 15 is 0 Å². The third kappa shape index (κ3) is 4.10. The van der Waals surface area contributed by atoms with Crippen LogP contribution in [0.4, 0.5) is 31.8 Å². The van der Waals surface area contributed by atoms with Gasteiger partial charge in [-0.05, 0) is 85.3 Å². The number of oxime groups is 1. The predicted molar refractivity (Wildman–Crippen MR) is 153 cm³/mol. The minimum atomic E-state index is -1.84. The Kier molecular flexibility index (Phi) is 5.86. The van der Waals surface area contributed by atoms with Crippen molar-refractivity contribution in [3.63, 3.8) is 0 Å². The maximum atomic E-state index is 14.5. The number of benzene rings is 3. The Bertz CT molecular complexity index is 1880. The first-order valence-corrected chi connectivity index (χ1v) is 13.0. The second-order valence-electron chi connectivity index (χ2n) is 9.77. The summed E-state index contributed by atoms with van der Waals surface area (Å²) in [5.41, 5.74) is 2.85. The van der Waals surface area contributed by atoms with Crippen LogP contribution in [-0.4, -0.2) is 26.7 Å². The highest BCUT2D eigenvalue weighted by atomic mass is 19.1. The van der Waals surface area contributed by atoms with Crippen molar-refractivity contribution in [1.82, 2.24) is 15.0 Å². The van der Waals surface area contributed by atoms with Gasteiger partial charge in [0.2, 0.25) is 5.95 Å². The molecule has 206 valence electrons. The first kappa shape index (κ1) is 25.3. The number of hydrogen-bond acceptors (Lipinski definition) is 8. The Morgan fingerprint density at radius 3 is 2.57 bits per heavy atom. The minimum Gasteiger partial charge on any atom is -0.349 e. The van der Waals surface area contributed by atoms with Crippen LogP contribution in [0.5, 0.6) is 0 Å². The molecule has 9 nitrogen and oxygen atoms in total. The molecule has 4 heterocycles. The Labute approximate surface area is 238 Å². The van der Waals surface area contributed by atoms with Crippen LogP contribution in [0.3, 0.4) is 0 Å². The van der Waals surface area contributed by atoms with E-state index in [1.54, 1.807) is 41.7 Å². The van der Waals surface area contributed by atoms with Gasteiger partial charge in [0.15, 0.2) is 5.84 Å². The number of aromatic nitrogens is 3. The molecule has 7 rings (SSSR count). The highest BCUT2D eigenvalue weighted by Crippen LogP contribution is 2.48. The second kappa shape index (κ2) is 9.73. The number of rotatable bonds is 5. The van der Waals surface area contributed by atoms with Gasteiger partial charge in [-0.15, -0.1) is 0 Å². The van der Waals surface area contributed by atoms with Crippen molar-refractivity contribution in [3.05, 3.63) is 126 Å². The summed E-state index contributed by atoms with van der Waals surface area (Å²) in [7, 11) is 0. The van der Waals surface area contributed by atoms with Crippen molar-refractivity contribution in [2.75, 3.05) is 15.5 Å². The van der Waals surface area contributed by atoms with Crippen molar-refractivity contribution in [2.45, 2.75) is 12.6 Å². The summed E-state index contributed by atoms with van der Waals surface area (Å²) in [6, 6.07) is 20.6. The number of halogens is 2. The molecule has 0 bridgehead atoms. The lowest BCUT2D eigenvalue weighted by Gasteiger charge is -2.33. The quantitative estimate of drug-likeness (QED) is 0.277. The lowest BCUT2D eigenvalue weighted by molar-refractivity contribution is -0.137. The van der Waals surface area contributed by atoms with E-state index in [9.17, 15) is 13.6 Å². The lowest BCUT2D eigenvalue weighted by Crippen LogP contribution is -2.51. The van der Waals surface area contributed by atoms with E-state index in [2.05, 4.69) is 30.7 Å². The first-order chi connectivity index (χ1) is 20.4. The molecule has 42 heavy (non-hydrogen) atoms. The second-order valence-corrected chi connectivity index (χ2v) is 9.77.